The maximum absolute atomic E-state index is 11.8. The number of anilines is 1. The summed E-state index contributed by atoms with van der Waals surface area (Å²) in [7, 11) is 2.05. The summed E-state index contributed by atoms with van der Waals surface area (Å²) in [6.45, 7) is 3.29. The molecule has 0 unspecified atom stereocenters. The number of aromatic nitrogens is 3. The Hall–Kier alpha value is -2.22. The van der Waals surface area contributed by atoms with Crippen molar-refractivity contribution in [2.24, 2.45) is 0 Å². The summed E-state index contributed by atoms with van der Waals surface area (Å²) in [5, 5.41) is 11.2. The van der Waals surface area contributed by atoms with E-state index in [1.807, 2.05) is 25.2 Å². The van der Waals surface area contributed by atoms with Crippen LogP contribution >= 0.6 is 11.8 Å². The molecule has 1 aromatic heterocycles. The third-order valence-corrected chi connectivity index (χ3v) is 4.30. The van der Waals surface area contributed by atoms with Crippen molar-refractivity contribution in [3.8, 4) is 0 Å². The number of nitrogen functional groups attached to an aromatic ring is 1. The van der Waals surface area contributed by atoms with Gasteiger partial charge in [-0.15, -0.1) is 10.2 Å². The number of benzene rings is 1. The number of amides is 1. The van der Waals surface area contributed by atoms with E-state index in [0.717, 1.165) is 13.0 Å². The third-order valence-electron chi connectivity index (χ3n) is 3.36. The lowest BCUT2D eigenvalue weighted by molar-refractivity contribution is -0.118. The van der Waals surface area contributed by atoms with Gasteiger partial charge in [0, 0.05) is 25.8 Å². The molecule has 0 bridgehead atoms. The Labute approximate surface area is 140 Å². The van der Waals surface area contributed by atoms with Gasteiger partial charge in [0.2, 0.25) is 11.1 Å². The van der Waals surface area contributed by atoms with Crippen molar-refractivity contribution in [3.05, 3.63) is 36.2 Å². The SMILES string of the molecule is Cc1nnc(SCC(=O)NCCCN(C)c2ccccc2)n1N. The van der Waals surface area contributed by atoms with Gasteiger partial charge in [0.15, 0.2) is 0 Å². The molecular formula is C15H22N6OS. The van der Waals surface area contributed by atoms with Gasteiger partial charge in [0.25, 0.3) is 0 Å². The second-order valence-corrected chi connectivity index (χ2v) is 6.09. The number of nitrogens with two attached hydrogens (primary N) is 1. The molecule has 0 aliphatic rings. The molecule has 0 aliphatic heterocycles. The molecule has 0 radical (unpaired) electrons. The molecule has 8 heteroatoms. The number of carbonyl (C=O) groups excluding carboxylic acids is 1. The van der Waals surface area contributed by atoms with Crippen LogP contribution in [-0.2, 0) is 4.79 Å². The fourth-order valence-corrected chi connectivity index (χ4v) is 2.72. The van der Waals surface area contributed by atoms with E-state index in [2.05, 4.69) is 32.5 Å². The summed E-state index contributed by atoms with van der Waals surface area (Å²) < 4.78 is 1.38. The molecule has 23 heavy (non-hydrogen) atoms. The Morgan fingerprint density at radius 3 is 2.74 bits per heavy atom. The van der Waals surface area contributed by atoms with E-state index in [1.165, 1.54) is 22.1 Å². The molecule has 0 fully saturated rings. The van der Waals surface area contributed by atoms with Gasteiger partial charge in [-0.2, -0.15) is 0 Å². The van der Waals surface area contributed by atoms with Crippen molar-refractivity contribution in [2.45, 2.75) is 18.5 Å². The van der Waals surface area contributed by atoms with Gasteiger partial charge in [-0.1, -0.05) is 30.0 Å². The predicted molar refractivity (Wildman–Crippen MR) is 93.0 cm³/mol. The Kier molecular flexibility index (Phi) is 6.28. The van der Waals surface area contributed by atoms with Crippen LogP contribution in [-0.4, -0.2) is 46.7 Å². The van der Waals surface area contributed by atoms with E-state index in [1.54, 1.807) is 6.92 Å². The van der Waals surface area contributed by atoms with Crippen LogP contribution in [0, 0.1) is 6.92 Å². The highest BCUT2D eigenvalue weighted by Gasteiger charge is 2.09. The van der Waals surface area contributed by atoms with E-state index in [0.29, 0.717) is 17.5 Å². The molecule has 0 spiro atoms. The first-order valence-electron chi connectivity index (χ1n) is 7.40. The molecule has 0 saturated heterocycles. The monoisotopic (exact) mass is 334 g/mol. The normalized spacial score (nSPS) is 10.5. The molecule has 2 rings (SSSR count). The van der Waals surface area contributed by atoms with E-state index in [9.17, 15) is 4.79 Å². The van der Waals surface area contributed by atoms with E-state index in [-0.39, 0.29) is 11.7 Å². The predicted octanol–water partition coefficient (Wildman–Crippen LogP) is 1.04. The minimum atomic E-state index is -0.0296. The van der Waals surface area contributed by atoms with Gasteiger partial charge in [-0.25, -0.2) is 4.68 Å². The fourth-order valence-electron chi connectivity index (χ4n) is 1.99. The summed E-state index contributed by atoms with van der Waals surface area (Å²) >= 11 is 1.28. The van der Waals surface area contributed by atoms with Crippen LogP contribution in [0.3, 0.4) is 0 Å². The fraction of sp³-hybridized carbons (Fsp3) is 0.400. The first-order chi connectivity index (χ1) is 11.1. The molecule has 2 aromatic rings. The maximum atomic E-state index is 11.8. The molecule has 124 valence electrons. The topological polar surface area (TPSA) is 89.1 Å². The second-order valence-electron chi connectivity index (χ2n) is 5.15. The van der Waals surface area contributed by atoms with Gasteiger partial charge < -0.3 is 16.1 Å². The number of aryl methyl sites for hydroxylation is 1. The number of nitrogens with zero attached hydrogens (tertiary/aromatic N) is 4. The lowest BCUT2D eigenvalue weighted by atomic mass is 10.3. The number of hydrogen-bond donors (Lipinski definition) is 2. The van der Waals surface area contributed by atoms with Crippen molar-refractivity contribution in [2.75, 3.05) is 36.6 Å². The maximum Gasteiger partial charge on any atom is 0.230 e. The van der Waals surface area contributed by atoms with E-state index in [4.69, 9.17) is 5.84 Å². The summed E-state index contributed by atoms with van der Waals surface area (Å²) in [5.41, 5.74) is 1.17. The molecule has 0 atom stereocenters. The highest BCUT2D eigenvalue weighted by molar-refractivity contribution is 7.99. The molecular weight excluding hydrogens is 312 g/mol. The van der Waals surface area contributed by atoms with Crippen molar-refractivity contribution in [1.82, 2.24) is 20.2 Å². The number of rotatable bonds is 8. The number of nitrogens with one attached hydrogen (secondary N) is 1. The summed E-state index contributed by atoms with van der Waals surface area (Å²) in [6, 6.07) is 10.2. The van der Waals surface area contributed by atoms with E-state index >= 15 is 0 Å². The quantitative estimate of drug-likeness (QED) is 0.426. The molecule has 1 aromatic carbocycles. The first kappa shape index (κ1) is 17.1. The Morgan fingerprint density at radius 2 is 2.09 bits per heavy atom. The zero-order valence-electron chi connectivity index (χ0n) is 13.4. The van der Waals surface area contributed by atoms with Crippen molar-refractivity contribution < 1.29 is 4.79 Å². The van der Waals surface area contributed by atoms with Crippen LogP contribution in [0.25, 0.3) is 0 Å². The third kappa shape index (κ3) is 5.17. The number of thioether (sulfide) groups is 1. The average molecular weight is 334 g/mol. The van der Waals surface area contributed by atoms with Crippen LogP contribution < -0.4 is 16.1 Å². The lowest BCUT2D eigenvalue weighted by Gasteiger charge is -2.19. The van der Waals surface area contributed by atoms with E-state index < -0.39 is 0 Å². The van der Waals surface area contributed by atoms with Crippen molar-refractivity contribution in [3.63, 3.8) is 0 Å². The Bertz CT molecular complexity index is 630. The van der Waals surface area contributed by atoms with Crippen LogP contribution in [0.2, 0.25) is 0 Å². The highest BCUT2D eigenvalue weighted by atomic mass is 32.2. The highest BCUT2D eigenvalue weighted by Crippen LogP contribution is 2.13. The van der Waals surface area contributed by atoms with Crippen LogP contribution in [0.1, 0.15) is 12.2 Å². The van der Waals surface area contributed by atoms with Gasteiger partial charge >= 0.3 is 0 Å². The van der Waals surface area contributed by atoms with Gasteiger partial charge in [-0.05, 0) is 25.5 Å². The van der Waals surface area contributed by atoms with Crippen LogP contribution in [0.5, 0.6) is 0 Å². The number of hydrogen-bond acceptors (Lipinski definition) is 6. The molecule has 0 aliphatic carbocycles. The number of carbonyl (C=O) groups is 1. The van der Waals surface area contributed by atoms with Crippen LogP contribution in [0.4, 0.5) is 5.69 Å². The number of para-hydroxylation sites is 1. The van der Waals surface area contributed by atoms with Gasteiger partial charge in [0.1, 0.15) is 5.82 Å². The molecule has 1 heterocycles. The van der Waals surface area contributed by atoms with Crippen molar-refractivity contribution in [1.29, 1.82) is 0 Å². The zero-order chi connectivity index (χ0) is 16.7. The molecule has 1 amide bonds. The summed E-state index contributed by atoms with van der Waals surface area (Å²) in [4.78, 5) is 14.0. The second kappa shape index (κ2) is 8.42. The minimum absolute atomic E-state index is 0.0296. The van der Waals surface area contributed by atoms with Crippen molar-refractivity contribution >= 4 is 23.4 Å². The smallest absolute Gasteiger partial charge is 0.230 e. The zero-order valence-corrected chi connectivity index (χ0v) is 14.2. The summed E-state index contributed by atoms with van der Waals surface area (Å²) in [6.07, 6.45) is 0.883. The standard InChI is InChI=1S/C15H22N6OS/c1-12-18-19-15(21(12)16)23-11-14(22)17-9-6-10-20(2)13-7-4-3-5-8-13/h3-5,7-8H,6,9-11,16H2,1-2H3,(H,17,22). The summed E-state index contributed by atoms with van der Waals surface area (Å²) in [5.74, 6) is 6.61. The Morgan fingerprint density at radius 1 is 1.35 bits per heavy atom. The first-order valence-corrected chi connectivity index (χ1v) is 8.39. The average Bonchev–Trinajstić information content (AvgIpc) is 2.89. The largest absolute Gasteiger partial charge is 0.375 e. The minimum Gasteiger partial charge on any atom is -0.375 e. The molecule has 3 N–H and O–H groups in total. The van der Waals surface area contributed by atoms with Gasteiger partial charge in [0.05, 0.1) is 5.75 Å². The Balaban J connectivity index is 1.62. The molecule has 7 nitrogen and oxygen atoms in total. The molecule has 0 saturated carbocycles. The lowest BCUT2D eigenvalue weighted by Crippen LogP contribution is -2.29. The van der Waals surface area contributed by atoms with Gasteiger partial charge in [-0.3, -0.25) is 4.79 Å². The van der Waals surface area contributed by atoms with Crippen LogP contribution in [0.15, 0.2) is 35.5 Å².